The second-order valence-corrected chi connectivity index (χ2v) is 6.07. The third kappa shape index (κ3) is 3.25. The number of non-ortho nitro benzene ring substituents is 1. The Labute approximate surface area is 133 Å². The molecule has 0 bridgehead atoms. The van der Waals surface area contributed by atoms with Crippen LogP contribution in [-0.2, 0) is 10.0 Å². The van der Waals surface area contributed by atoms with Crippen LogP contribution in [0.1, 0.15) is 0 Å². The van der Waals surface area contributed by atoms with E-state index in [0.717, 1.165) is 18.2 Å². The summed E-state index contributed by atoms with van der Waals surface area (Å²) in [5, 5.41) is 10.8. The molecular formula is C13H9F3N2O5S. The molecule has 0 radical (unpaired) electrons. The fourth-order valence-corrected chi connectivity index (χ4v) is 2.94. The highest BCUT2D eigenvalue weighted by Gasteiger charge is 2.25. The average molecular weight is 362 g/mol. The molecular weight excluding hydrogens is 353 g/mol. The van der Waals surface area contributed by atoms with E-state index in [9.17, 15) is 31.7 Å². The fraction of sp³-hybridized carbons (Fsp3) is 0.0769. The van der Waals surface area contributed by atoms with Gasteiger partial charge in [-0.3, -0.25) is 14.8 Å². The van der Waals surface area contributed by atoms with Crippen molar-refractivity contribution in [3.63, 3.8) is 0 Å². The minimum Gasteiger partial charge on any atom is -0.495 e. The molecule has 2 aromatic rings. The summed E-state index contributed by atoms with van der Waals surface area (Å²) in [6, 6.07) is 4.00. The second kappa shape index (κ2) is 6.35. The molecule has 0 aliphatic heterocycles. The summed E-state index contributed by atoms with van der Waals surface area (Å²) in [6.07, 6.45) is 0. The Morgan fingerprint density at radius 2 is 1.79 bits per heavy atom. The van der Waals surface area contributed by atoms with Crippen LogP contribution in [0.15, 0.2) is 35.2 Å². The lowest BCUT2D eigenvalue weighted by molar-refractivity contribution is -0.384. The first-order valence-electron chi connectivity index (χ1n) is 6.16. The van der Waals surface area contributed by atoms with E-state index < -0.39 is 43.0 Å². The Balaban J connectivity index is 2.52. The first-order valence-corrected chi connectivity index (χ1v) is 7.64. The smallest absolute Gasteiger partial charge is 0.271 e. The number of halogens is 3. The van der Waals surface area contributed by atoms with E-state index in [4.69, 9.17) is 4.74 Å². The minimum atomic E-state index is -4.69. The van der Waals surface area contributed by atoms with Crippen LogP contribution in [0.3, 0.4) is 0 Å². The molecule has 2 rings (SSSR count). The van der Waals surface area contributed by atoms with Crippen molar-refractivity contribution in [3.8, 4) is 5.75 Å². The summed E-state index contributed by atoms with van der Waals surface area (Å²) in [5.41, 5.74) is -0.824. The lowest BCUT2D eigenvalue weighted by Gasteiger charge is -2.12. The zero-order valence-corrected chi connectivity index (χ0v) is 12.7. The lowest BCUT2D eigenvalue weighted by Crippen LogP contribution is -2.16. The number of nitrogens with zero attached hydrogens (tertiary/aromatic N) is 1. The van der Waals surface area contributed by atoms with Gasteiger partial charge in [0, 0.05) is 12.1 Å². The summed E-state index contributed by atoms with van der Waals surface area (Å²) < 4.78 is 70.9. The monoisotopic (exact) mass is 362 g/mol. The van der Waals surface area contributed by atoms with Crippen molar-refractivity contribution in [3.05, 3.63) is 57.9 Å². The predicted octanol–water partition coefficient (Wildman–Crippen LogP) is 2.82. The molecule has 0 heterocycles. The van der Waals surface area contributed by atoms with Crippen molar-refractivity contribution in [2.24, 2.45) is 0 Å². The topological polar surface area (TPSA) is 98.5 Å². The van der Waals surface area contributed by atoms with Gasteiger partial charge in [0.25, 0.3) is 15.7 Å². The standard InChI is InChI=1S/C13H9F3N2O5S/c1-23-10-4-2-7(18(19)20)6-9(10)17-24(21,22)11-5-3-8(14)12(15)13(11)16/h2-6,17H,1H3. The van der Waals surface area contributed by atoms with Gasteiger partial charge in [0.15, 0.2) is 17.5 Å². The van der Waals surface area contributed by atoms with Crippen molar-refractivity contribution in [1.82, 2.24) is 0 Å². The molecule has 0 fully saturated rings. The van der Waals surface area contributed by atoms with E-state index in [1.165, 1.54) is 7.11 Å². The third-order valence-electron chi connectivity index (χ3n) is 2.93. The lowest BCUT2D eigenvalue weighted by atomic mass is 10.2. The molecule has 1 N–H and O–H groups in total. The van der Waals surface area contributed by atoms with Gasteiger partial charge in [0.2, 0.25) is 0 Å². The van der Waals surface area contributed by atoms with Crippen LogP contribution in [-0.4, -0.2) is 20.5 Å². The number of methoxy groups -OCH3 is 1. The summed E-state index contributed by atoms with van der Waals surface area (Å²) in [5.74, 6) is -5.51. The van der Waals surface area contributed by atoms with Crippen molar-refractivity contribution in [2.45, 2.75) is 4.90 Å². The highest BCUT2D eigenvalue weighted by molar-refractivity contribution is 7.92. The maximum Gasteiger partial charge on any atom is 0.271 e. The zero-order valence-electron chi connectivity index (χ0n) is 11.9. The first kappa shape index (κ1) is 17.5. The van der Waals surface area contributed by atoms with Crippen LogP contribution < -0.4 is 9.46 Å². The summed E-state index contributed by atoms with van der Waals surface area (Å²) in [4.78, 5) is 8.82. The Hall–Kier alpha value is -2.82. The van der Waals surface area contributed by atoms with Crippen molar-refractivity contribution >= 4 is 21.4 Å². The molecule has 11 heteroatoms. The van der Waals surface area contributed by atoms with Crippen LogP contribution in [0.25, 0.3) is 0 Å². The highest BCUT2D eigenvalue weighted by atomic mass is 32.2. The van der Waals surface area contributed by atoms with Gasteiger partial charge in [0.1, 0.15) is 10.6 Å². The molecule has 24 heavy (non-hydrogen) atoms. The Morgan fingerprint density at radius 1 is 1.12 bits per heavy atom. The minimum absolute atomic E-state index is 0.0906. The van der Waals surface area contributed by atoms with Crippen LogP contribution in [0, 0.1) is 27.6 Å². The highest BCUT2D eigenvalue weighted by Crippen LogP contribution is 2.31. The van der Waals surface area contributed by atoms with E-state index >= 15 is 0 Å². The Morgan fingerprint density at radius 3 is 2.38 bits per heavy atom. The summed E-state index contributed by atoms with van der Waals surface area (Å²) in [7, 11) is -3.51. The summed E-state index contributed by atoms with van der Waals surface area (Å²) in [6.45, 7) is 0. The molecule has 0 aliphatic carbocycles. The number of nitro groups is 1. The molecule has 128 valence electrons. The SMILES string of the molecule is COc1ccc([N+](=O)[O-])cc1NS(=O)(=O)c1ccc(F)c(F)c1F. The van der Waals surface area contributed by atoms with Gasteiger partial charge in [-0.05, 0) is 18.2 Å². The molecule has 0 spiro atoms. The van der Waals surface area contributed by atoms with Gasteiger partial charge in [-0.25, -0.2) is 21.6 Å². The van der Waals surface area contributed by atoms with Crippen molar-refractivity contribution in [1.29, 1.82) is 0 Å². The number of nitrogens with one attached hydrogen (secondary N) is 1. The van der Waals surface area contributed by atoms with E-state index in [1.54, 1.807) is 0 Å². The van der Waals surface area contributed by atoms with Crippen LogP contribution in [0.5, 0.6) is 5.75 Å². The fourth-order valence-electron chi connectivity index (χ4n) is 1.80. The van der Waals surface area contributed by atoms with Gasteiger partial charge in [-0.1, -0.05) is 0 Å². The number of rotatable bonds is 5. The molecule has 2 aromatic carbocycles. The second-order valence-electron chi connectivity index (χ2n) is 4.42. The molecule has 0 saturated heterocycles. The van der Waals surface area contributed by atoms with Crippen LogP contribution >= 0.6 is 0 Å². The van der Waals surface area contributed by atoms with E-state index in [2.05, 4.69) is 0 Å². The van der Waals surface area contributed by atoms with Crippen LogP contribution in [0.2, 0.25) is 0 Å². The van der Waals surface area contributed by atoms with Crippen molar-refractivity contribution < 1.29 is 31.2 Å². The van der Waals surface area contributed by atoms with E-state index in [0.29, 0.717) is 12.1 Å². The Kier molecular flexibility index (Phi) is 4.64. The number of nitro benzene ring substituents is 1. The van der Waals surface area contributed by atoms with Gasteiger partial charge in [-0.2, -0.15) is 0 Å². The molecule has 0 aromatic heterocycles. The number of anilines is 1. The number of hydrogen-bond acceptors (Lipinski definition) is 5. The van der Waals surface area contributed by atoms with Gasteiger partial charge in [0.05, 0.1) is 17.7 Å². The molecule has 0 unspecified atom stereocenters. The zero-order chi connectivity index (χ0) is 18.1. The van der Waals surface area contributed by atoms with Gasteiger partial charge >= 0.3 is 0 Å². The maximum absolute atomic E-state index is 13.7. The van der Waals surface area contributed by atoms with E-state index in [-0.39, 0.29) is 11.4 Å². The van der Waals surface area contributed by atoms with E-state index in [1.807, 2.05) is 4.72 Å². The van der Waals surface area contributed by atoms with Gasteiger partial charge < -0.3 is 4.74 Å². The molecule has 7 nitrogen and oxygen atoms in total. The number of ether oxygens (including phenoxy) is 1. The normalized spacial score (nSPS) is 11.2. The largest absolute Gasteiger partial charge is 0.495 e. The van der Waals surface area contributed by atoms with Crippen molar-refractivity contribution in [2.75, 3.05) is 11.8 Å². The summed E-state index contributed by atoms with van der Waals surface area (Å²) >= 11 is 0. The van der Waals surface area contributed by atoms with Crippen LogP contribution in [0.4, 0.5) is 24.5 Å². The van der Waals surface area contributed by atoms with Gasteiger partial charge in [-0.15, -0.1) is 0 Å². The number of hydrogen-bond donors (Lipinski definition) is 1. The predicted molar refractivity (Wildman–Crippen MR) is 76.8 cm³/mol. The average Bonchev–Trinajstić information content (AvgIpc) is 2.51. The third-order valence-corrected chi connectivity index (χ3v) is 4.31. The number of benzene rings is 2. The first-order chi connectivity index (χ1) is 11.2. The quantitative estimate of drug-likeness (QED) is 0.501. The molecule has 0 amide bonds. The maximum atomic E-state index is 13.7. The number of sulfonamides is 1. The Bertz CT molecular complexity index is 918. The molecule has 0 saturated carbocycles. The molecule has 0 aliphatic rings. The molecule has 0 atom stereocenters.